The highest BCUT2D eigenvalue weighted by Crippen LogP contribution is 2.40. The van der Waals surface area contributed by atoms with Crippen LogP contribution in [-0.2, 0) is 14.2 Å². The van der Waals surface area contributed by atoms with E-state index in [1.807, 2.05) is 0 Å². The van der Waals surface area contributed by atoms with E-state index in [-0.39, 0.29) is 12.1 Å². The summed E-state index contributed by atoms with van der Waals surface area (Å²) in [4.78, 5) is 0. The Labute approximate surface area is 116 Å². The summed E-state index contributed by atoms with van der Waals surface area (Å²) in [6, 6.07) is 0.342. The topological polar surface area (TPSA) is 60.0 Å². The Morgan fingerprint density at radius 2 is 1.79 bits per heavy atom. The van der Waals surface area contributed by atoms with Gasteiger partial charge in [-0.05, 0) is 18.8 Å². The molecule has 1 aliphatic rings. The highest BCUT2D eigenvalue weighted by Gasteiger charge is 2.45. The van der Waals surface area contributed by atoms with Crippen LogP contribution in [0.2, 0.25) is 0 Å². The number of aliphatic hydroxyl groups excluding tert-OH is 1. The van der Waals surface area contributed by atoms with Crippen LogP contribution in [0.1, 0.15) is 26.7 Å². The molecule has 0 amide bonds. The minimum atomic E-state index is -0.277. The van der Waals surface area contributed by atoms with E-state index in [2.05, 4.69) is 19.2 Å². The zero-order chi connectivity index (χ0) is 14.1. The maximum absolute atomic E-state index is 9.72. The van der Waals surface area contributed by atoms with Gasteiger partial charge < -0.3 is 24.6 Å². The van der Waals surface area contributed by atoms with Crippen molar-refractivity contribution in [1.82, 2.24) is 5.32 Å². The predicted octanol–water partition coefficient (Wildman–Crippen LogP) is 0.805. The Kier molecular flexibility index (Phi) is 7.87. The fourth-order valence-electron chi connectivity index (χ4n) is 2.33. The molecule has 0 saturated heterocycles. The van der Waals surface area contributed by atoms with Crippen molar-refractivity contribution in [3.8, 4) is 0 Å². The standard InChI is InChI=1S/C14H29NO4/c1-12(2)15-14(10-16,13-4-5-13)11-19-9-8-18-7-6-17-3/h12-13,15-16H,4-11H2,1-3H3. The first-order valence-corrected chi connectivity index (χ1v) is 7.17. The van der Waals surface area contributed by atoms with Crippen molar-refractivity contribution in [3.05, 3.63) is 0 Å². The molecular weight excluding hydrogens is 246 g/mol. The van der Waals surface area contributed by atoms with E-state index in [1.165, 1.54) is 12.8 Å². The average molecular weight is 275 g/mol. The number of hydrogen-bond donors (Lipinski definition) is 2. The van der Waals surface area contributed by atoms with Gasteiger partial charge in [-0.2, -0.15) is 0 Å². The van der Waals surface area contributed by atoms with Crippen LogP contribution >= 0.6 is 0 Å². The summed E-state index contributed by atoms with van der Waals surface area (Å²) < 4.78 is 15.9. The second-order valence-corrected chi connectivity index (χ2v) is 5.55. The van der Waals surface area contributed by atoms with E-state index < -0.39 is 0 Å². The monoisotopic (exact) mass is 275 g/mol. The van der Waals surface area contributed by atoms with Crippen LogP contribution in [0.3, 0.4) is 0 Å². The lowest BCUT2D eigenvalue weighted by molar-refractivity contribution is -0.0141. The highest BCUT2D eigenvalue weighted by atomic mass is 16.5. The quantitative estimate of drug-likeness (QED) is 0.516. The maximum Gasteiger partial charge on any atom is 0.0701 e. The van der Waals surface area contributed by atoms with Crippen molar-refractivity contribution in [2.45, 2.75) is 38.3 Å². The summed E-state index contributed by atoms with van der Waals surface area (Å²) >= 11 is 0. The third-order valence-corrected chi connectivity index (χ3v) is 3.38. The van der Waals surface area contributed by atoms with Crippen molar-refractivity contribution in [2.24, 2.45) is 5.92 Å². The maximum atomic E-state index is 9.72. The van der Waals surface area contributed by atoms with Crippen LogP contribution in [0.15, 0.2) is 0 Å². The zero-order valence-electron chi connectivity index (χ0n) is 12.5. The molecule has 1 unspecified atom stereocenters. The number of nitrogens with one attached hydrogen (secondary N) is 1. The Morgan fingerprint density at radius 3 is 2.32 bits per heavy atom. The minimum Gasteiger partial charge on any atom is -0.394 e. The molecule has 5 nitrogen and oxygen atoms in total. The normalized spacial score (nSPS) is 18.8. The van der Waals surface area contributed by atoms with Crippen molar-refractivity contribution in [1.29, 1.82) is 0 Å². The van der Waals surface area contributed by atoms with Gasteiger partial charge in [-0.25, -0.2) is 0 Å². The molecule has 2 N–H and O–H groups in total. The summed E-state index contributed by atoms with van der Waals surface area (Å²) in [6.07, 6.45) is 2.35. The van der Waals surface area contributed by atoms with E-state index in [4.69, 9.17) is 14.2 Å². The first kappa shape index (κ1) is 16.9. The van der Waals surface area contributed by atoms with E-state index in [1.54, 1.807) is 7.11 Å². The third-order valence-electron chi connectivity index (χ3n) is 3.38. The van der Waals surface area contributed by atoms with Crippen LogP contribution in [-0.4, -0.2) is 63.4 Å². The van der Waals surface area contributed by atoms with Gasteiger partial charge in [0.25, 0.3) is 0 Å². The molecular formula is C14H29NO4. The minimum absolute atomic E-state index is 0.125. The molecule has 5 heteroatoms. The molecule has 1 atom stereocenters. The zero-order valence-corrected chi connectivity index (χ0v) is 12.5. The predicted molar refractivity (Wildman–Crippen MR) is 74.3 cm³/mol. The molecule has 0 aromatic heterocycles. The second kappa shape index (κ2) is 8.87. The van der Waals surface area contributed by atoms with Gasteiger partial charge in [0.1, 0.15) is 0 Å². The SMILES string of the molecule is COCCOCCOCC(CO)(NC(C)C)C1CC1. The molecule has 0 radical (unpaired) electrons. The lowest BCUT2D eigenvalue weighted by Gasteiger charge is -2.35. The molecule has 0 aromatic rings. The van der Waals surface area contributed by atoms with Crippen molar-refractivity contribution < 1.29 is 19.3 Å². The number of ether oxygens (including phenoxy) is 3. The van der Waals surface area contributed by atoms with Gasteiger partial charge in [0.15, 0.2) is 0 Å². The molecule has 114 valence electrons. The summed E-state index contributed by atoms with van der Waals surface area (Å²) in [7, 11) is 1.66. The smallest absolute Gasteiger partial charge is 0.0701 e. The van der Waals surface area contributed by atoms with Crippen LogP contribution in [0.4, 0.5) is 0 Å². The third kappa shape index (κ3) is 6.19. The lowest BCUT2D eigenvalue weighted by atomic mass is 9.94. The van der Waals surface area contributed by atoms with E-state index in [9.17, 15) is 5.11 Å². The van der Waals surface area contributed by atoms with Gasteiger partial charge in [0, 0.05) is 13.2 Å². The van der Waals surface area contributed by atoms with E-state index in [0.717, 1.165) is 0 Å². The molecule has 1 fully saturated rings. The van der Waals surface area contributed by atoms with Gasteiger partial charge in [-0.15, -0.1) is 0 Å². The molecule has 0 bridgehead atoms. The number of aliphatic hydroxyl groups is 1. The molecule has 0 aliphatic heterocycles. The fourth-order valence-corrected chi connectivity index (χ4v) is 2.33. The fraction of sp³-hybridized carbons (Fsp3) is 1.00. The Bertz CT molecular complexity index is 233. The molecule has 0 spiro atoms. The Balaban J connectivity index is 2.21. The van der Waals surface area contributed by atoms with Gasteiger partial charge in [-0.3, -0.25) is 0 Å². The van der Waals surface area contributed by atoms with E-state index in [0.29, 0.717) is 45.0 Å². The molecule has 1 saturated carbocycles. The van der Waals surface area contributed by atoms with Gasteiger partial charge in [0.2, 0.25) is 0 Å². The first-order valence-electron chi connectivity index (χ1n) is 7.17. The van der Waals surface area contributed by atoms with Gasteiger partial charge in [-0.1, -0.05) is 13.8 Å². The molecule has 0 aromatic carbocycles. The van der Waals surface area contributed by atoms with Crippen LogP contribution in [0, 0.1) is 5.92 Å². The van der Waals surface area contributed by atoms with Gasteiger partial charge >= 0.3 is 0 Å². The summed E-state index contributed by atoms with van der Waals surface area (Å²) in [5.41, 5.74) is -0.277. The summed E-state index contributed by atoms with van der Waals surface area (Å²) in [5.74, 6) is 0.536. The second-order valence-electron chi connectivity index (χ2n) is 5.55. The molecule has 19 heavy (non-hydrogen) atoms. The van der Waals surface area contributed by atoms with E-state index >= 15 is 0 Å². The molecule has 0 heterocycles. The van der Waals surface area contributed by atoms with Crippen LogP contribution in [0.25, 0.3) is 0 Å². The Morgan fingerprint density at radius 1 is 1.16 bits per heavy atom. The number of hydrogen-bond acceptors (Lipinski definition) is 5. The van der Waals surface area contributed by atoms with Crippen molar-refractivity contribution in [3.63, 3.8) is 0 Å². The first-order chi connectivity index (χ1) is 9.14. The number of rotatable bonds is 12. The van der Waals surface area contributed by atoms with Crippen LogP contribution < -0.4 is 5.32 Å². The average Bonchev–Trinajstić information content (AvgIpc) is 3.20. The summed E-state index contributed by atoms with van der Waals surface area (Å²) in [5, 5.41) is 13.2. The van der Waals surface area contributed by atoms with Crippen LogP contribution in [0.5, 0.6) is 0 Å². The molecule has 1 rings (SSSR count). The lowest BCUT2D eigenvalue weighted by Crippen LogP contribution is -2.56. The number of methoxy groups -OCH3 is 1. The van der Waals surface area contributed by atoms with Gasteiger partial charge in [0.05, 0.1) is 45.2 Å². The largest absolute Gasteiger partial charge is 0.394 e. The van der Waals surface area contributed by atoms with Crippen molar-refractivity contribution in [2.75, 3.05) is 46.8 Å². The Hall–Kier alpha value is -0.200. The molecule has 1 aliphatic carbocycles. The van der Waals surface area contributed by atoms with Crippen molar-refractivity contribution >= 4 is 0 Å². The summed E-state index contributed by atoms with van der Waals surface area (Å²) in [6.45, 7) is 7.19. The highest BCUT2D eigenvalue weighted by molar-refractivity contribution is 5.01.